The highest BCUT2D eigenvalue weighted by Gasteiger charge is 2.08. The zero-order chi connectivity index (χ0) is 18.9. The predicted octanol–water partition coefficient (Wildman–Crippen LogP) is 3.70. The van der Waals surface area contributed by atoms with Crippen LogP contribution in [0, 0.1) is 0 Å². The van der Waals surface area contributed by atoms with E-state index in [0.717, 1.165) is 11.4 Å². The van der Waals surface area contributed by atoms with Crippen molar-refractivity contribution in [2.24, 2.45) is 0 Å². The Hall–Kier alpha value is -3.02. The largest absolute Gasteiger partial charge is 0.489 e. The molecule has 138 valence electrons. The molecule has 6 heteroatoms. The first kappa shape index (κ1) is 19.3. The Bertz CT molecular complexity index is 742. The van der Waals surface area contributed by atoms with E-state index in [9.17, 15) is 9.59 Å². The number of nitrogens with one attached hydrogen (secondary N) is 2. The highest BCUT2D eigenvalue weighted by Crippen LogP contribution is 2.24. The Morgan fingerprint density at radius 2 is 1.73 bits per heavy atom. The normalized spacial score (nSPS) is 10.3. The zero-order valence-corrected chi connectivity index (χ0v) is 15.2. The molecule has 2 aromatic rings. The number of ether oxygens (including phenoxy) is 2. The summed E-state index contributed by atoms with van der Waals surface area (Å²) >= 11 is 0. The van der Waals surface area contributed by atoms with E-state index in [1.807, 2.05) is 38.1 Å². The number of methoxy groups -OCH3 is 1. The van der Waals surface area contributed by atoms with Gasteiger partial charge in [0, 0.05) is 18.7 Å². The minimum absolute atomic E-state index is 0.0780. The fourth-order valence-electron chi connectivity index (χ4n) is 2.31. The zero-order valence-electron chi connectivity index (χ0n) is 15.2. The van der Waals surface area contributed by atoms with Crippen LogP contribution in [0.2, 0.25) is 0 Å². The fraction of sp³-hybridized carbons (Fsp3) is 0.300. The molecule has 0 aromatic heterocycles. The highest BCUT2D eigenvalue weighted by molar-refractivity contribution is 5.93. The molecular formula is C20H24N2O4. The van der Waals surface area contributed by atoms with Gasteiger partial charge in [0.15, 0.2) is 0 Å². The van der Waals surface area contributed by atoms with E-state index in [1.54, 1.807) is 24.3 Å². The first-order valence-electron chi connectivity index (χ1n) is 8.47. The van der Waals surface area contributed by atoms with Gasteiger partial charge in [-0.2, -0.15) is 0 Å². The number of hydrogen-bond acceptors (Lipinski definition) is 5. The van der Waals surface area contributed by atoms with Crippen molar-refractivity contribution in [2.45, 2.75) is 26.4 Å². The molecule has 6 nitrogen and oxygen atoms in total. The Labute approximate surface area is 153 Å². The number of carbonyl (C=O) groups is 2. The minimum Gasteiger partial charge on any atom is -0.489 e. The van der Waals surface area contributed by atoms with Gasteiger partial charge in [-0.3, -0.25) is 4.79 Å². The van der Waals surface area contributed by atoms with Crippen LogP contribution in [0.3, 0.4) is 0 Å². The van der Waals surface area contributed by atoms with E-state index in [4.69, 9.17) is 4.74 Å². The summed E-state index contributed by atoms with van der Waals surface area (Å²) in [5.41, 5.74) is 1.93. The third-order valence-corrected chi connectivity index (χ3v) is 3.51. The molecule has 0 unspecified atom stereocenters. The van der Waals surface area contributed by atoms with Gasteiger partial charge in [0.1, 0.15) is 5.75 Å². The molecule has 0 bridgehead atoms. The number of amides is 1. The number of anilines is 2. The molecule has 2 N–H and O–H groups in total. The molecule has 0 spiro atoms. The van der Waals surface area contributed by atoms with Gasteiger partial charge in [-0.15, -0.1) is 0 Å². The molecule has 0 aliphatic rings. The van der Waals surface area contributed by atoms with Crippen LogP contribution in [0.15, 0.2) is 48.5 Å². The standard InChI is InChI=1S/C20H24N2O4/c1-14(2)26-18-7-5-4-6-17(18)21-13-12-19(23)22-16-10-8-15(9-11-16)20(24)25-3/h4-11,14,21H,12-13H2,1-3H3,(H,22,23). The van der Waals surface area contributed by atoms with Crippen LogP contribution in [-0.2, 0) is 9.53 Å². The van der Waals surface area contributed by atoms with Crippen molar-refractivity contribution in [3.05, 3.63) is 54.1 Å². The minimum atomic E-state index is -0.408. The predicted molar refractivity (Wildman–Crippen MR) is 102 cm³/mol. The summed E-state index contributed by atoms with van der Waals surface area (Å²) in [7, 11) is 1.33. The first-order valence-corrected chi connectivity index (χ1v) is 8.47. The third kappa shape index (κ3) is 5.81. The average molecular weight is 356 g/mol. The summed E-state index contributed by atoms with van der Waals surface area (Å²) in [6, 6.07) is 14.2. The summed E-state index contributed by atoms with van der Waals surface area (Å²) in [6.07, 6.45) is 0.378. The van der Waals surface area contributed by atoms with Crippen molar-refractivity contribution in [2.75, 3.05) is 24.3 Å². The van der Waals surface area contributed by atoms with Gasteiger partial charge in [0.05, 0.1) is 24.5 Å². The average Bonchev–Trinajstić information content (AvgIpc) is 2.62. The SMILES string of the molecule is COC(=O)c1ccc(NC(=O)CCNc2ccccc2OC(C)C)cc1. The lowest BCUT2D eigenvalue weighted by Gasteiger charge is -2.15. The summed E-state index contributed by atoms with van der Waals surface area (Å²) in [4.78, 5) is 23.5. The van der Waals surface area contributed by atoms with Crippen molar-refractivity contribution >= 4 is 23.3 Å². The second-order valence-corrected chi connectivity index (χ2v) is 5.96. The number of para-hydroxylation sites is 2. The Morgan fingerprint density at radius 3 is 2.38 bits per heavy atom. The molecule has 26 heavy (non-hydrogen) atoms. The van der Waals surface area contributed by atoms with Crippen molar-refractivity contribution in [1.82, 2.24) is 0 Å². The molecule has 1 amide bonds. The number of benzene rings is 2. The Morgan fingerprint density at radius 1 is 1.04 bits per heavy atom. The van der Waals surface area contributed by atoms with Crippen LogP contribution in [0.1, 0.15) is 30.6 Å². The maximum atomic E-state index is 12.1. The van der Waals surface area contributed by atoms with E-state index in [2.05, 4.69) is 15.4 Å². The first-order chi connectivity index (χ1) is 12.5. The van der Waals surface area contributed by atoms with Gasteiger partial charge < -0.3 is 20.1 Å². The maximum Gasteiger partial charge on any atom is 0.337 e. The number of rotatable bonds is 8. The van der Waals surface area contributed by atoms with Crippen LogP contribution >= 0.6 is 0 Å². The van der Waals surface area contributed by atoms with Crippen molar-refractivity contribution in [1.29, 1.82) is 0 Å². The van der Waals surface area contributed by atoms with Gasteiger partial charge in [-0.05, 0) is 50.2 Å². The van der Waals surface area contributed by atoms with E-state index >= 15 is 0 Å². The van der Waals surface area contributed by atoms with Gasteiger partial charge in [-0.1, -0.05) is 12.1 Å². The van der Waals surface area contributed by atoms with Crippen LogP contribution in [0.25, 0.3) is 0 Å². The molecular weight excluding hydrogens is 332 g/mol. The van der Waals surface area contributed by atoms with Gasteiger partial charge in [-0.25, -0.2) is 4.79 Å². The number of esters is 1. The maximum absolute atomic E-state index is 12.1. The van der Waals surface area contributed by atoms with Crippen molar-refractivity contribution in [3.63, 3.8) is 0 Å². The van der Waals surface area contributed by atoms with Gasteiger partial charge in [0.2, 0.25) is 5.91 Å². The summed E-state index contributed by atoms with van der Waals surface area (Å²) in [5, 5.41) is 6.02. The second-order valence-electron chi connectivity index (χ2n) is 5.96. The molecule has 0 heterocycles. The molecule has 0 aliphatic heterocycles. The lowest BCUT2D eigenvalue weighted by atomic mass is 10.2. The number of hydrogen-bond donors (Lipinski definition) is 2. The van der Waals surface area contributed by atoms with Crippen LogP contribution in [0.4, 0.5) is 11.4 Å². The van der Waals surface area contributed by atoms with Crippen LogP contribution in [0.5, 0.6) is 5.75 Å². The van der Waals surface area contributed by atoms with E-state index in [0.29, 0.717) is 24.2 Å². The Balaban J connectivity index is 1.83. The van der Waals surface area contributed by atoms with Gasteiger partial charge >= 0.3 is 5.97 Å². The Kier molecular flexibility index (Phi) is 7.02. The van der Waals surface area contributed by atoms with E-state index in [-0.39, 0.29) is 12.0 Å². The molecule has 0 aliphatic carbocycles. The summed E-state index contributed by atoms with van der Waals surface area (Å²) in [6.45, 7) is 4.41. The quantitative estimate of drug-likeness (QED) is 0.705. The summed E-state index contributed by atoms with van der Waals surface area (Å²) in [5.74, 6) is 0.237. The van der Waals surface area contributed by atoms with Crippen molar-refractivity contribution in [3.8, 4) is 5.75 Å². The lowest BCUT2D eigenvalue weighted by molar-refractivity contribution is -0.115. The fourth-order valence-corrected chi connectivity index (χ4v) is 2.31. The second kappa shape index (κ2) is 9.46. The highest BCUT2D eigenvalue weighted by atomic mass is 16.5. The molecule has 0 saturated carbocycles. The van der Waals surface area contributed by atoms with E-state index < -0.39 is 5.97 Å². The van der Waals surface area contributed by atoms with E-state index in [1.165, 1.54) is 7.11 Å². The summed E-state index contributed by atoms with van der Waals surface area (Å²) < 4.78 is 10.4. The van der Waals surface area contributed by atoms with Crippen molar-refractivity contribution < 1.29 is 19.1 Å². The van der Waals surface area contributed by atoms with Crippen LogP contribution < -0.4 is 15.4 Å². The topological polar surface area (TPSA) is 76.7 Å². The molecule has 0 saturated heterocycles. The third-order valence-electron chi connectivity index (χ3n) is 3.51. The molecule has 2 aromatic carbocycles. The van der Waals surface area contributed by atoms with Gasteiger partial charge in [0.25, 0.3) is 0 Å². The monoisotopic (exact) mass is 356 g/mol. The van der Waals surface area contributed by atoms with Crippen LogP contribution in [-0.4, -0.2) is 31.6 Å². The number of carbonyl (C=O) groups excluding carboxylic acids is 2. The molecule has 2 rings (SSSR count). The molecule has 0 fully saturated rings. The lowest BCUT2D eigenvalue weighted by Crippen LogP contribution is -2.17. The smallest absolute Gasteiger partial charge is 0.337 e. The molecule has 0 atom stereocenters. The molecule has 0 radical (unpaired) electrons.